The molecule has 0 atom stereocenters. The Kier molecular flexibility index (Phi) is 5.26. The van der Waals surface area contributed by atoms with Crippen molar-refractivity contribution in [2.24, 2.45) is 0 Å². The average Bonchev–Trinajstić information content (AvgIpc) is 2.40. The molecule has 1 saturated heterocycles. The molecule has 1 heterocycles. The monoisotopic (exact) mass is 346 g/mol. The van der Waals surface area contributed by atoms with Crippen LogP contribution >= 0.6 is 0 Å². The van der Waals surface area contributed by atoms with Gasteiger partial charge in [-0.25, -0.2) is 25.9 Å². The highest BCUT2D eigenvalue weighted by molar-refractivity contribution is 7.88. The molecule has 1 aromatic carbocycles. The second-order valence-corrected chi connectivity index (χ2v) is 9.55. The van der Waals surface area contributed by atoms with Gasteiger partial charge in [-0.1, -0.05) is 29.8 Å². The van der Waals surface area contributed by atoms with Crippen LogP contribution in [0.2, 0.25) is 0 Å². The molecule has 0 unspecified atom stereocenters. The van der Waals surface area contributed by atoms with Crippen molar-refractivity contribution in [1.82, 2.24) is 9.03 Å². The highest BCUT2D eigenvalue weighted by Gasteiger charge is 2.29. The standard InChI is InChI=1S/C14H22N2O4S2/c1-12-3-5-13(6-4-12)11-22(19,20)16-9-7-14(8-10-16)15-21(2,17)18/h3-6,14-15H,7-11H2,1-2H3. The van der Waals surface area contributed by atoms with Crippen molar-refractivity contribution in [2.75, 3.05) is 19.3 Å². The third kappa shape index (κ3) is 5.05. The molecule has 22 heavy (non-hydrogen) atoms. The quantitative estimate of drug-likeness (QED) is 0.856. The van der Waals surface area contributed by atoms with Crippen molar-refractivity contribution in [2.45, 2.75) is 31.6 Å². The van der Waals surface area contributed by atoms with Crippen LogP contribution in [0.3, 0.4) is 0 Å². The SMILES string of the molecule is Cc1ccc(CS(=O)(=O)N2CCC(NS(C)(=O)=O)CC2)cc1. The van der Waals surface area contributed by atoms with E-state index in [9.17, 15) is 16.8 Å². The van der Waals surface area contributed by atoms with Gasteiger partial charge in [0, 0.05) is 19.1 Å². The van der Waals surface area contributed by atoms with E-state index < -0.39 is 20.0 Å². The Hall–Kier alpha value is -0.960. The van der Waals surface area contributed by atoms with Gasteiger partial charge in [-0.15, -0.1) is 0 Å². The molecule has 1 aliphatic rings. The molecule has 0 radical (unpaired) electrons. The van der Waals surface area contributed by atoms with Crippen LogP contribution in [0.1, 0.15) is 24.0 Å². The van der Waals surface area contributed by atoms with Gasteiger partial charge in [-0.2, -0.15) is 0 Å². The van der Waals surface area contributed by atoms with Gasteiger partial charge in [0.25, 0.3) is 0 Å². The molecule has 1 fully saturated rings. The van der Waals surface area contributed by atoms with E-state index in [1.54, 1.807) is 0 Å². The maximum atomic E-state index is 12.4. The summed E-state index contributed by atoms with van der Waals surface area (Å²) in [6.45, 7) is 2.65. The summed E-state index contributed by atoms with van der Waals surface area (Å²) in [5.41, 5.74) is 1.86. The fraction of sp³-hybridized carbons (Fsp3) is 0.571. The van der Waals surface area contributed by atoms with Gasteiger partial charge in [-0.3, -0.25) is 0 Å². The van der Waals surface area contributed by atoms with Crippen LogP contribution in [0.5, 0.6) is 0 Å². The van der Waals surface area contributed by atoms with E-state index in [0.717, 1.165) is 17.4 Å². The first-order valence-corrected chi connectivity index (χ1v) is 10.7. The molecule has 6 nitrogen and oxygen atoms in total. The minimum Gasteiger partial charge on any atom is -0.213 e. The third-order valence-electron chi connectivity index (χ3n) is 3.70. The summed E-state index contributed by atoms with van der Waals surface area (Å²) < 4.78 is 51.2. The number of nitrogens with zero attached hydrogens (tertiary/aromatic N) is 1. The van der Waals surface area contributed by atoms with Crippen molar-refractivity contribution in [3.05, 3.63) is 35.4 Å². The molecule has 8 heteroatoms. The molecule has 0 aliphatic carbocycles. The van der Waals surface area contributed by atoms with Crippen molar-refractivity contribution in [3.8, 4) is 0 Å². The molecule has 1 aromatic rings. The minimum atomic E-state index is -3.36. The summed E-state index contributed by atoms with van der Waals surface area (Å²) in [7, 11) is -6.61. The van der Waals surface area contributed by atoms with E-state index in [1.807, 2.05) is 31.2 Å². The number of hydrogen-bond acceptors (Lipinski definition) is 4. The Morgan fingerprint density at radius 3 is 2.14 bits per heavy atom. The first-order chi connectivity index (χ1) is 10.2. The van der Waals surface area contributed by atoms with Gasteiger partial charge in [0.05, 0.1) is 12.0 Å². The Balaban J connectivity index is 1.96. The topological polar surface area (TPSA) is 83.6 Å². The zero-order valence-corrected chi connectivity index (χ0v) is 14.5. The molecule has 0 amide bonds. The van der Waals surface area contributed by atoms with Gasteiger partial charge >= 0.3 is 0 Å². The maximum absolute atomic E-state index is 12.4. The zero-order valence-electron chi connectivity index (χ0n) is 12.8. The van der Waals surface area contributed by atoms with Crippen LogP contribution < -0.4 is 4.72 Å². The number of benzene rings is 1. The summed E-state index contributed by atoms with van der Waals surface area (Å²) in [6, 6.07) is 7.26. The smallest absolute Gasteiger partial charge is 0.213 e. The van der Waals surface area contributed by atoms with Gasteiger partial charge in [0.1, 0.15) is 0 Å². The molecular weight excluding hydrogens is 324 g/mol. The van der Waals surface area contributed by atoms with Gasteiger partial charge in [0.15, 0.2) is 0 Å². The molecular formula is C14H22N2O4S2. The number of piperidine rings is 1. The molecule has 1 aliphatic heterocycles. The van der Waals surface area contributed by atoms with E-state index in [2.05, 4.69) is 4.72 Å². The maximum Gasteiger partial charge on any atom is 0.218 e. The Morgan fingerprint density at radius 1 is 1.09 bits per heavy atom. The van der Waals surface area contributed by atoms with Crippen LogP contribution in [0, 0.1) is 6.92 Å². The van der Waals surface area contributed by atoms with Crippen LogP contribution in [0.4, 0.5) is 0 Å². The highest BCUT2D eigenvalue weighted by Crippen LogP contribution is 2.18. The molecule has 2 rings (SSSR count). The molecule has 1 N–H and O–H groups in total. The van der Waals surface area contributed by atoms with E-state index >= 15 is 0 Å². The van der Waals surface area contributed by atoms with Crippen molar-refractivity contribution in [3.63, 3.8) is 0 Å². The predicted octanol–water partition coefficient (Wildman–Crippen LogP) is 0.838. The van der Waals surface area contributed by atoms with Gasteiger partial charge in [-0.05, 0) is 25.3 Å². The fourth-order valence-electron chi connectivity index (χ4n) is 2.54. The van der Waals surface area contributed by atoms with Crippen molar-refractivity contribution in [1.29, 1.82) is 0 Å². The van der Waals surface area contributed by atoms with Crippen molar-refractivity contribution < 1.29 is 16.8 Å². The lowest BCUT2D eigenvalue weighted by atomic mass is 10.1. The summed E-state index contributed by atoms with van der Waals surface area (Å²) in [5.74, 6) is -0.0164. The summed E-state index contributed by atoms with van der Waals surface area (Å²) in [4.78, 5) is 0. The van der Waals surface area contributed by atoms with Gasteiger partial charge in [0.2, 0.25) is 20.0 Å². The molecule has 0 saturated carbocycles. The lowest BCUT2D eigenvalue weighted by Crippen LogP contribution is -2.46. The Labute approximate surface area is 132 Å². The van der Waals surface area contributed by atoms with E-state index in [0.29, 0.717) is 25.9 Å². The lowest BCUT2D eigenvalue weighted by Gasteiger charge is -2.31. The summed E-state index contributed by atoms with van der Waals surface area (Å²) in [5, 5.41) is 0. The number of nitrogens with one attached hydrogen (secondary N) is 1. The second kappa shape index (κ2) is 6.66. The largest absolute Gasteiger partial charge is 0.218 e. The summed E-state index contributed by atoms with van der Waals surface area (Å²) >= 11 is 0. The zero-order chi connectivity index (χ0) is 16.4. The highest BCUT2D eigenvalue weighted by atomic mass is 32.2. The fourth-order valence-corrected chi connectivity index (χ4v) is 4.95. The molecule has 0 bridgehead atoms. The Morgan fingerprint density at radius 2 is 1.64 bits per heavy atom. The predicted molar refractivity (Wildman–Crippen MR) is 86.4 cm³/mol. The lowest BCUT2D eigenvalue weighted by molar-refractivity contribution is 0.308. The van der Waals surface area contributed by atoms with E-state index in [1.165, 1.54) is 4.31 Å². The molecule has 124 valence electrons. The first-order valence-electron chi connectivity index (χ1n) is 7.16. The molecule has 0 aromatic heterocycles. The number of aryl methyl sites for hydroxylation is 1. The average molecular weight is 346 g/mol. The Bertz CT molecular complexity index is 704. The normalized spacial score (nSPS) is 18.5. The number of rotatable bonds is 5. The first kappa shape index (κ1) is 17.4. The van der Waals surface area contributed by atoms with Crippen LogP contribution in [0.15, 0.2) is 24.3 Å². The van der Waals surface area contributed by atoms with Crippen molar-refractivity contribution >= 4 is 20.0 Å². The van der Waals surface area contributed by atoms with Crippen LogP contribution in [0.25, 0.3) is 0 Å². The number of sulfonamides is 2. The third-order valence-corrected chi connectivity index (χ3v) is 6.31. The minimum absolute atomic E-state index is 0.0164. The van der Waals surface area contributed by atoms with Crippen LogP contribution in [-0.2, 0) is 25.8 Å². The second-order valence-electron chi connectivity index (χ2n) is 5.81. The number of hydrogen-bond donors (Lipinski definition) is 1. The summed E-state index contributed by atoms with van der Waals surface area (Å²) in [6.07, 6.45) is 2.12. The van der Waals surface area contributed by atoms with E-state index in [4.69, 9.17) is 0 Å². The van der Waals surface area contributed by atoms with Crippen LogP contribution in [-0.4, -0.2) is 46.5 Å². The van der Waals surface area contributed by atoms with E-state index in [-0.39, 0.29) is 11.8 Å². The molecule has 0 spiro atoms. The van der Waals surface area contributed by atoms with Gasteiger partial charge < -0.3 is 0 Å².